The first-order valence-corrected chi connectivity index (χ1v) is 9.21. The zero-order valence-corrected chi connectivity index (χ0v) is 16.3. The van der Waals surface area contributed by atoms with Gasteiger partial charge in [0.2, 0.25) is 0 Å². The lowest BCUT2D eigenvalue weighted by molar-refractivity contribution is 0.0939. The summed E-state index contributed by atoms with van der Waals surface area (Å²) < 4.78 is 9.44. The summed E-state index contributed by atoms with van der Waals surface area (Å²) in [5.41, 5.74) is 5.41. The Hall–Kier alpha value is -3.19. The number of carbonyl (C=O) groups excluding carboxylic acids is 1. The number of hydrogen-bond donors (Lipinski definition) is 1. The van der Waals surface area contributed by atoms with Crippen LogP contribution in [0.3, 0.4) is 0 Å². The van der Waals surface area contributed by atoms with Gasteiger partial charge in [-0.1, -0.05) is 18.2 Å². The quantitative estimate of drug-likeness (QED) is 0.561. The van der Waals surface area contributed by atoms with E-state index in [0.29, 0.717) is 25.4 Å². The van der Waals surface area contributed by atoms with E-state index >= 15 is 0 Å². The fourth-order valence-corrected chi connectivity index (χ4v) is 3.54. The predicted molar refractivity (Wildman–Crippen MR) is 108 cm³/mol. The number of methoxy groups -OCH3 is 1. The zero-order chi connectivity index (χ0) is 19.7. The van der Waals surface area contributed by atoms with E-state index in [2.05, 4.69) is 32.0 Å². The van der Waals surface area contributed by atoms with E-state index in [9.17, 15) is 4.79 Å². The molecular weight excluding hydrogens is 354 g/mol. The molecule has 7 heteroatoms. The minimum atomic E-state index is -0.140. The third kappa shape index (κ3) is 3.14. The minimum absolute atomic E-state index is 0.140. The molecule has 0 aliphatic rings. The van der Waals surface area contributed by atoms with E-state index in [0.717, 1.165) is 33.3 Å². The number of aromatic nitrogens is 4. The molecule has 0 saturated carbocycles. The number of rotatable bonds is 6. The molecule has 0 fully saturated rings. The highest BCUT2D eigenvalue weighted by Gasteiger charge is 2.20. The summed E-state index contributed by atoms with van der Waals surface area (Å²) in [5.74, 6) is -0.140. The van der Waals surface area contributed by atoms with Crippen LogP contribution in [0.1, 0.15) is 21.9 Å². The van der Waals surface area contributed by atoms with Crippen LogP contribution in [0.5, 0.6) is 0 Å². The SMILES string of the molecule is COCCn1c(C(=O)NCc2cnc(C)cn2)cc2c1c1ccccc1n2C. The molecule has 3 heterocycles. The molecule has 0 saturated heterocycles. The van der Waals surface area contributed by atoms with Crippen molar-refractivity contribution in [1.29, 1.82) is 0 Å². The largest absolute Gasteiger partial charge is 0.383 e. The van der Waals surface area contributed by atoms with Crippen molar-refractivity contribution in [2.45, 2.75) is 20.0 Å². The first kappa shape index (κ1) is 18.2. The number of para-hydroxylation sites is 1. The number of ether oxygens (including phenoxy) is 1. The van der Waals surface area contributed by atoms with Crippen LogP contribution in [0.25, 0.3) is 21.9 Å². The number of fused-ring (bicyclic) bond motifs is 3. The third-order valence-electron chi connectivity index (χ3n) is 4.97. The van der Waals surface area contributed by atoms with Crippen molar-refractivity contribution in [3.8, 4) is 0 Å². The van der Waals surface area contributed by atoms with Gasteiger partial charge in [-0.25, -0.2) is 0 Å². The van der Waals surface area contributed by atoms with Crippen molar-refractivity contribution in [3.05, 3.63) is 59.8 Å². The summed E-state index contributed by atoms with van der Waals surface area (Å²) in [7, 11) is 3.69. The average Bonchev–Trinajstić information content (AvgIpc) is 3.22. The highest BCUT2D eigenvalue weighted by molar-refractivity contribution is 6.10. The summed E-state index contributed by atoms with van der Waals surface area (Å²) in [6.07, 6.45) is 3.38. The van der Waals surface area contributed by atoms with Gasteiger partial charge in [0.15, 0.2) is 0 Å². The Balaban J connectivity index is 1.71. The molecule has 3 aromatic heterocycles. The van der Waals surface area contributed by atoms with E-state index in [-0.39, 0.29) is 5.91 Å². The van der Waals surface area contributed by atoms with Crippen molar-refractivity contribution in [2.24, 2.45) is 7.05 Å². The van der Waals surface area contributed by atoms with Crippen molar-refractivity contribution in [1.82, 2.24) is 24.4 Å². The van der Waals surface area contributed by atoms with Crippen molar-refractivity contribution in [3.63, 3.8) is 0 Å². The monoisotopic (exact) mass is 377 g/mol. The molecule has 1 N–H and O–H groups in total. The molecule has 144 valence electrons. The molecule has 0 aliphatic carbocycles. The summed E-state index contributed by atoms with van der Waals surface area (Å²) in [5, 5.41) is 4.08. The van der Waals surface area contributed by atoms with Gasteiger partial charge in [0.25, 0.3) is 5.91 Å². The zero-order valence-electron chi connectivity index (χ0n) is 16.3. The van der Waals surface area contributed by atoms with E-state index in [1.54, 1.807) is 19.5 Å². The van der Waals surface area contributed by atoms with Crippen LogP contribution in [0, 0.1) is 6.92 Å². The van der Waals surface area contributed by atoms with Crippen LogP contribution in [-0.4, -0.2) is 38.7 Å². The molecule has 0 bridgehead atoms. The van der Waals surface area contributed by atoms with Crippen LogP contribution in [-0.2, 0) is 24.9 Å². The molecule has 1 amide bonds. The topological polar surface area (TPSA) is 74.0 Å². The van der Waals surface area contributed by atoms with Crippen LogP contribution < -0.4 is 5.32 Å². The van der Waals surface area contributed by atoms with Crippen LogP contribution in [0.15, 0.2) is 42.7 Å². The molecule has 1 aromatic carbocycles. The summed E-state index contributed by atoms with van der Waals surface area (Å²) in [4.78, 5) is 21.5. The van der Waals surface area contributed by atoms with Crippen molar-refractivity contribution < 1.29 is 9.53 Å². The molecule has 0 aliphatic heterocycles. The Morgan fingerprint density at radius 3 is 2.75 bits per heavy atom. The lowest BCUT2D eigenvalue weighted by Crippen LogP contribution is -2.26. The number of hydrogen-bond acceptors (Lipinski definition) is 4. The standard InChI is InChI=1S/C21H23N5O2/c1-14-11-23-15(12-22-14)13-24-21(27)19-10-18-20(26(19)8-9-28-3)16-6-4-5-7-17(16)25(18)2/h4-7,10-12H,8-9,13H2,1-3H3,(H,24,27). The van der Waals surface area contributed by atoms with Crippen LogP contribution in [0.2, 0.25) is 0 Å². The smallest absolute Gasteiger partial charge is 0.268 e. The lowest BCUT2D eigenvalue weighted by Gasteiger charge is -2.11. The molecule has 7 nitrogen and oxygen atoms in total. The third-order valence-corrected chi connectivity index (χ3v) is 4.97. The summed E-state index contributed by atoms with van der Waals surface area (Å²) in [6.45, 7) is 3.34. The summed E-state index contributed by atoms with van der Waals surface area (Å²) >= 11 is 0. The Morgan fingerprint density at radius 2 is 2.00 bits per heavy atom. The maximum absolute atomic E-state index is 13.0. The van der Waals surface area contributed by atoms with Gasteiger partial charge in [-0.05, 0) is 19.1 Å². The lowest BCUT2D eigenvalue weighted by atomic mass is 10.2. The molecule has 0 unspecified atom stereocenters. The van der Waals surface area contributed by atoms with Gasteiger partial charge in [0.1, 0.15) is 5.69 Å². The second-order valence-corrected chi connectivity index (χ2v) is 6.82. The fourth-order valence-electron chi connectivity index (χ4n) is 3.54. The van der Waals surface area contributed by atoms with Gasteiger partial charge in [-0.15, -0.1) is 0 Å². The predicted octanol–water partition coefficient (Wildman–Crippen LogP) is 2.81. The second-order valence-electron chi connectivity index (χ2n) is 6.82. The van der Waals surface area contributed by atoms with Gasteiger partial charge >= 0.3 is 0 Å². The molecular formula is C21H23N5O2. The molecule has 0 atom stereocenters. The van der Waals surface area contributed by atoms with Gasteiger partial charge in [0, 0.05) is 32.3 Å². The van der Waals surface area contributed by atoms with Crippen LogP contribution >= 0.6 is 0 Å². The van der Waals surface area contributed by atoms with Crippen LogP contribution in [0.4, 0.5) is 0 Å². The molecule has 0 spiro atoms. The average molecular weight is 377 g/mol. The van der Waals surface area contributed by atoms with E-state index in [1.165, 1.54) is 0 Å². The number of aryl methyl sites for hydroxylation is 2. The van der Waals surface area contributed by atoms with Gasteiger partial charge in [-0.2, -0.15) is 0 Å². The Kier molecular flexibility index (Phi) is 4.83. The Labute approximate surface area is 163 Å². The molecule has 0 radical (unpaired) electrons. The highest BCUT2D eigenvalue weighted by atomic mass is 16.5. The Morgan fingerprint density at radius 1 is 1.18 bits per heavy atom. The Bertz CT molecular complexity index is 1140. The maximum Gasteiger partial charge on any atom is 0.268 e. The van der Waals surface area contributed by atoms with E-state index < -0.39 is 0 Å². The van der Waals surface area contributed by atoms with E-state index in [1.807, 2.05) is 36.7 Å². The van der Waals surface area contributed by atoms with Gasteiger partial charge in [-0.3, -0.25) is 14.8 Å². The highest BCUT2D eigenvalue weighted by Crippen LogP contribution is 2.31. The first-order chi connectivity index (χ1) is 13.6. The van der Waals surface area contributed by atoms with Crippen molar-refractivity contribution >= 4 is 27.8 Å². The number of benzene rings is 1. The minimum Gasteiger partial charge on any atom is -0.383 e. The number of nitrogens with zero attached hydrogens (tertiary/aromatic N) is 4. The fraction of sp³-hybridized carbons (Fsp3) is 0.286. The first-order valence-electron chi connectivity index (χ1n) is 9.21. The van der Waals surface area contributed by atoms with E-state index in [4.69, 9.17) is 4.74 Å². The maximum atomic E-state index is 13.0. The van der Waals surface area contributed by atoms with Gasteiger partial charge < -0.3 is 19.2 Å². The number of carbonyl (C=O) groups is 1. The van der Waals surface area contributed by atoms with Crippen molar-refractivity contribution in [2.75, 3.05) is 13.7 Å². The number of amides is 1. The molecule has 28 heavy (non-hydrogen) atoms. The normalized spacial score (nSPS) is 11.4. The summed E-state index contributed by atoms with van der Waals surface area (Å²) in [6, 6.07) is 10.2. The van der Waals surface area contributed by atoms with Gasteiger partial charge in [0.05, 0.1) is 47.3 Å². The molecule has 4 rings (SSSR count). The second kappa shape index (κ2) is 7.44. The molecule has 4 aromatic rings. The number of nitrogens with one attached hydrogen (secondary N) is 1.